The lowest BCUT2D eigenvalue weighted by Gasteiger charge is -2.15. The van der Waals surface area contributed by atoms with Gasteiger partial charge in [0.05, 0.1) is 18.4 Å². The number of nitriles is 1. The summed E-state index contributed by atoms with van der Waals surface area (Å²) < 4.78 is 0. The first-order valence-corrected chi connectivity index (χ1v) is 5.67. The number of rotatable bonds is 3. The molecule has 17 heavy (non-hydrogen) atoms. The summed E-state index contributed by atoms with van der Waals surface area (Å²) in [4.78, 5) is 17.5. The van der Waals surface area contributed by atoms with E-state index in [4.69, 9.17) is 5.26 Å². The van der Waals surface area contributed by atoms with Crippen molar-refractivity contribution in [2.24, 2.45) is 0 Å². The Morgan fingerprint density at radius 1 is 1.47 bits per heavy atom. The Balaban J connectivity index is 1.84. The van der Waals surface area contributed by atoms with Crippen LogP contribution in [-0.4, -0.2) is 35.4 Å². The molecule has 0 saturated carbocycles. The molecule has 0 aromatic carbocycles. The van der Waals surface area contributed by atoms with Crippen LogP contribution in [-0.2, 0) is 4.79 Å². The number of carbonyl (C=O) groups excluding carboxylic acids is 1. The van der Waals surface area contributed by atoms with Crippen molar-refractivity contribution in [1.29, 1.82) is 5.26 Å². The zero-order valence-electron chi connectivity index (χ0n) is 9.52. The van der Waals surface area contributed by atoms with Gasteiger partial charge in [-0.1, -0.05) is 0 Å². The minimum absolute atomic E-state index is 0.117. The van der Waals surface area contributed by atoms with Crippen molar-refractivity contribution in [3.05, 3.63) is 24.0 Å². The van der Waals surface area contributed by atoms with Gasteiger partial charge in [-0.05, 0) is 25.0 Å². The molecule has 1 aliphatic rings. The number of aromatic nitrogens is 1. The lowest BCUT2D eigenvalue weighted by molar-refractivity contribution is -0.128. The molecule has 0 bridgehead atoms. The standard InChI is InChI=1S/C12H14N4O/c13-7-10-3-4-11(8-14-10)15-9-12(17)16-5-1-2-6-16/h3-4,8,15H,1-2,5-6,9H2. The second kappa shape index (κ2) is 5.30. The van der Waals surface area contributed by atoms with Crippen molar-refractivity contribution in [2.75, 3.05) is 25.0 Å². The zero-order chi connectivity index (χ0) is 12.1. The first kappa shape index (κ1) is 11.4. The maximum absolute atomic E-state index is 11.7. The third-order valence-electron chi connectivity index (χ3n) is 2.78. The van der Waals surface area contributed by atoms with E-state index in [1.54, 1.807) is 18.3 Å². The Morgan fingerprint density at radius 3 is 2.82 bits per heavy atom. The number of likely N-dealkylation sites (tertiary alicyclic amines) is 1. The van der Waals surface area contributed by atoms with Crippen molar-refractivity contribution >= 4 is 11.6 Å². The second-order valence-corrected chi connectivity index (χ2v) is 3.99. The summed E-state index contributed by atoms with van der Waals surface area (Å²) in [6, 6.07) is 5.33. The number of amides is 1. The van der Waals surface area contributed by atoms with Crippen molar-refractivity contribution in [3.8, 4) is 6.07 Å². The van der Waals surface area contributed by atoms with Crippen LogP contribution in [0.2, 0.25) is 0 Å². The highest BCUT2D eigenvalue weighted by Crippen LogP contribution is 2.09. The van der Waals surface area contributed by atoms with E-state index in [2.05, 4.69) is 10.3 Å². The fourth-order valence-electron chi connectivity index (χ4n) is 1.82. The van der Waals surface area contributed by atoms with Gasteiger partial charge >= 0.3 is 0 Å². The van der Waals surface area contributed by atoms with Crippen LogP contribution < -0.4 is 5.32 Å². The number of hydrogen-bond acceptors (Lipinski definition) is 4. The van der Waals surface area contributed by atoms with E-state index >= 15 is 0 Å². The molecular weight excluding hydrogens is 216 g/mol. The van der Waals surface area contributed by atoms with Crippen LogP contribution in [0.15, 0.2) is 18.3 Å². The van der Waals surface area contributed by atoms with E-state index in [9.17, 15) is 4.79 Å². The Hall–Kier alpha value is -2.09. The van der Waals surface area contributed by atoms with Crippen molar-refractivity contribution in [3.63, 3.8) is 0 Å². The number of anilines is 1. The topological polar surface area (TPSA) is 69.0 Å². The number of carbonyl (C=O) groups is 1. The number of nitrogens with zero attached hydrogens (tertiary/aromatic N) is 3. The Kier molecular flexibility index (Phi) is 3.55. The predicted octanol–water partition coefficient (Wildman–Crippen LogP) is 0.988. The third kappa shape index (κ3) is 2.94. The third-order valence-corrected chi connectivity index (χ3v) is 2.78. The molecule has 1 saturated heterocycles. The number of nitrogens with one attached hydrogen (secondary N) is 1. The molecule has 1 N–H and O–H groups in total. The van der Waals surface area contributed by atoms with Gasteiger partial charge in [0.25, 0.3) is 0 Å². The fourth-order valence-corrected chi connectivity index (χ4v) is 1.82. The Bertz CT molecular complexity index is 429. The van der Waals surface area contributed by atoms with E-state index in [0.29, 0.717) is 5.69 Å². The molecular formula is C12H14N4O. The summed E-state index contributed by atoms with van der Waals surface area (Å²) in [7, 11) is 0. The van der Waals surface area contributed by atoms with E-state index in [-0.39, 0.29) is 12.5 Å². The van der Waals surface area contributed by atoms with E-state index in [1.807, 2.05) is 11.0 Å². The van der Waals surface area contributed by atoms with E-state index in [1.165, 1.54) is 0 Å². The molecule has 1 fully saturated rings. The molecule has 0 spiro atoms. The van der Waals surface area contributed by atoms with Gasteiger partial charge in [-0.25, -0.2) is 4.98 Å². The van der Waals surface area contributed by atoms with Gasteiger partial charge in [0.15, 0.2) is 0 Å². The molecule has 5 nitrogen and oxygen atoms in total. The molecule has 88 valence electrons. The maximum Gasteiger partial charge on any atom is 0.241 e. The normalized spacial score (nSPS) is 14.4. The molecule has 1 amide bonds. The molecule has 1 aromatic heterocycles. The number of pyridine rings is 1. The number of hydrogen-bond donors (Lipinski definition) is 1. The summed E-state index contributed by atoms with van der Waals surface area (Å²) in [5, 5.41) is 11.6. The monoisotopic (exact) mass is 230 g/mol. The van der Waals surface area contributed by atoms with Gasteiger partial charge in [-0.3, -0.25) is 4.79 Å². The SMILES string of the molecule is N#Cc1ccc(NCC(=O)N2CCCC2)cn1. The quantitative estimate of drug-likeness (QED) is 0.840. The first-order chi connectivity index (χ1) is 8.29. The van der Waals surface area contributed by atoms with E-state index < -0.39 is 0 Å². The van der Waals surface area contributed by atoms with Crippen molar-refractivity contribution < 1.29 is 4.79 Å². The summed E-state index contributed by atoms with van der Waals surface area (Å²) in [5.74, 6) is 0.117. The fraction of sp³-hybridized carbons (Fsp3) is 0.417. The van der Waals surface area contributed by atoms with Crippen LogP contribution >= 0.6 is 0 Å². The Morgan fingerprint density at radius 2 is 2.24 bits per heavy atom. The average Bonchev–Trinajstić information content (AvgIpc) is 2.90. The van der Waals surface area contributed by atoms with Crippen LogP contribution in [0.25, 0.3) is 0 Å². The predicted molar refractivity (Wildman–Crippen MR) is 63.3 cm³/mol. The lowest BCUT2D eigenvalue weighted by Crippen LogP contribution is -2.32. The van der Waals surface area contributed by atoms with Crippen molar-refractivity contribution in [1.82, 2.24) is 9.88 Å². The molecule has 1 aromatic rings. The lowest BCUT2D eigenvalue weighted by atomic mass is 10.3. The van der Waals surface area contributed by atoms with Crippen LogP contribution in [0, 0.1) is 11.3 Å². The molecule has 0 aliphatic carbocycles. The smallest absolute Gasteiger partial charge is 0.241 e. The van der Waals surface area contributed by atoms with Crippen molar-refractivity contribution in [2.45, 2.75) is 12.8 Å². The Labute approximate surface area is 100 Å². The molecule has 0 unspecified atom stereocenters. The zero-order valence-corrected chi connectivity index (χ0v) is 9.52. The molecule has 5 heteroatoms. The van der Waals surface area contributed by atoms with Crippen LogP contribution in [0.4, 0.5) is 5.69 Å². The molecule has 0 atom stereocenters. The van der Waals surface area contributed by atoms with Crippen LogP contribution in [0.5, 0.6) is 0 Å². The molecule has 2 rings (SSSR count). The maximum atomic E-state index is 11.7. The second-order valence-electron chi connectivity index (χ2n) is 3.99. The van der Waals surface area contributed by atoms with Gasteiger partial charge in [0.2, 0.25) is 5.91 Å². The van der Waals surface area contributed by atoms with Crippen LogP contribution in [0.3, 0.4) is 0 Å². The first-order valence-electron chi connectivity index (χ1n) is 5.67. The summed E-state index contributed by atoms with van der Waals surface area (Å²) in [6.45, 7) is 2.02. The summed E-state index contributed by atoms with van der Waals surface area (Å²) in [6.07, 6.45) is 3.77. The highest BCUT2D eigenvalue weighted by Gasteiger charge is 2.17. The van der Waals surface area contributed by atoms with Gasteiger partial charge in [-0.15, -0.1) is 0 Å². The van der Waals surface area contributed by atoms with Gasteiger partial charge < -0.3 is 10.2 Å². The molecule has 1 aliphatic heterocycles. The minimum atomic E-state index is 0.117. The van der Waals surface area contributed by atoms with Gasteiger partial charge in [0.1, 0.15) is 11.8 Å². The van der Waals surface area contributed by atoms with E-state index in [0.717, 1.165) is 31.6 Å². The molecule has 0 radical (unpaired) electrons. The largest absolute Gasteiger partial charge is 0.375 e. The van der Waals surface area contributed by atoms with Gasteiger partial charge in [-0.2, -0.15) is 5.26 Å². The molecule has 2 heterocycles. The summed E-state index contributed by atoms with van der Waals surface area (Å²) >= 11 is 0. The van der Waals surface area contributed by atoms with Gasteiger partial charge in [0, 0.05) is 13.1 Å². The highest BCUT2D eigenvalue weighted by atomic mass is 16.2. The minimum Gasteiger partial charge on any atom is -0.375 e. The highest BCUT2D eigenvalue weighted by molar-refractivity contribution is 5.81. The summed E-state index contributed by atoms with van der Waals surface area (Å²) in [5.41, 5.74) is 1.14. The van der Waals surface area contributed by atoms with Crippen LogP contribution in [0.1, 0.15) is 18.5 Å². The average molecular weight is 230 g/mol.